The number of carboxylic acid groups (broad SMARTS) is 1. The molecule has 0 aliphatic heterocycles. The maximum atomic E-state index is 11.0. The van der Waals surface area contributed by atoms with Gasteiger partial charge in [-0.25, -0.2) is 0 Å². The lowest BCUT2D eigenvalue weighted by Gasteiger charge is -2.25. The minimum atomic E-state index is -0.673. The van der Waals surface area contributed by atoms with Gasteiger partial charge in [-0.2, -0.15) is 0 Å². The minimum absolute atomic E-state index is 0.207. The Balaban J connectivity index is 2.29. The molecule has 1 aliphatic rings. The maximum Gasteiger partial charge on any atom is 0.308 e. The minimum Gasteiger partial charge on any atom is -0.481 e. The molecule has 15 heavy (non-hydrogen) atoms. The number of nitrogens with one attached hydrogen (secondary N) is 1. The summed E-state index contributed by atoms with van der Waals surface area (Å²) in [6.45, 7) is 4.57. The van der Waals surface area contributed by atoms with Crippen molar-refractivity contribution in [1.82, 2.24) is 5.32 Å². The van der Waals surface area contributed by atoms with Crippen LogP contribution in [-0.4, -0.2) is 23.7 Å². The van der Waals surface area contributed by atoms with Crippen molar-refractivity contribution >= 4 is 5.97 Å². The van der Waals surface area contributed by atoms with Crippen LogP contribution in [0.5, 0.6) is 0 Å². The summed E-state index contributed by atoms with van der Waals surface area (Å²) in [5.41, 5.74) is 0. The summed E-state index contributed by atoms with van der Waals surface area (Å²) in [6.07, 6.45) is 6.34. The van der Waals surface area contributed by atoms with Gasteiger partial charge in [-0.15, -0.1) is 0 Å². The van der Waals surface area contributed by atoms with Crippen molar-refractivity contribution in [2.75, 3.05) is 6.54 Å². The van der Waals surface area contributed by atoms with Gasteiger partial charge in [-0.1, -0.05) is 33.1 Å². The van der Waals surface area contributed by atoms with E-state index >= 15 is 0 Å². The van der Waals surface area contributed by atoms with E-state index in [1.807, 2.05) is 13.8 Å². The van der Waals surface area contributed by atoms with Crippen molar-refractivity contribution in [2.24, 2.45) is 11.8 Å². The summed E-state index contributed by atoms with van der Waals surface area (Å²) in [4.78, 5) is 11.0. The van der Waals surface area contributed by atoms with Crippen molar-refractivity contribution in [1.29, 1.82) is 0 Å². The van der Waals surface area contributed by atoms with E-state index in [1.54, 1.807) is 0 Å². The van der Waals surface area contributed by atoms with Crippen LogP contribution >= 0.6 is 0 Å². The van der Waals surface area contributed by atoms with Crippen LogP contribution in [0.1, 0.15) is 46.0 Å². The third-order valence-electron chi connectivity index (χ3n) is 3.35. The predicted octanol–water partition coefficient (Wildman–Crippen LogP) is 2.27. The highest BCUT2D eigenvalue weighted by Gasteiger charge is 2.22. The summed E-state index contributed by atoms with van der Waals surface area (Å²) in [6, 6.07) is 0.555. The van der Waals surface area contributed by atoms with Gasteiger partial charge in [0, 0.05) is 12.6 Å². The molecule has 3 nitrogen and oxygen atoms in total. The van der Waals surface area contributed by atoms with Crippen LogP contribution in [0.2, 0.25) is 0 Å². The van der Waals surface area contributed by atoms with E-state index in [2.05, 4.69) is 5.32 Å². The van der Waals surface area contributed by atoms with Crippen LogP contribution in [0.4, 0.5) is 0 Å². The summed E-state index contributed by atoms with van der Waals surface area (Å²) in [5, 5.41) is 12.4. The lowest BCUT2D eigenvalue weighted by molar-refractivity contribution is -0.143. The van der Waals surface area contributed by atoms with E-state index in [-0.39, 0.29) is 11.8 Å². The second-order valence-electron chi connectivity index (χ2n) is 4.93. The molecule has 2 N–H and O–H groups in total. The van der Waals surface area contributed by atoms with Crippen molar-refractivity contribution in [3.05, 3.63) is 0 Å². The highest BCUT2D eigenvalue weighted by atomic mass is 16.4. The third kappa shape index (κ3) is 4.20. The SMILES string of the molecule is CC(C)C(CNC1CCCCC1)C(=O)O. The van der Waals surface area contributed by atoms with Gasteiger partial charge in [0.2, 0.25) is 0 Å². The quantitative estimate of drug-likeness (QED) is 0.736. The van der Waals surface area contributed by atoms with Crippen molar-refractivity contribution in [3.63, 3.8) is 0 Å². The molecular weight excluding hydrogens is 190 g/mol. The van der Waals surface area contributed by atoms with Crippen LogP contribution in [0, 0.1) is 11.8 Å². The zero-order chi connectivity index (χ0) is 11.3. The van der Waals surface area contributed by atoms with E-state index in [0.717, 1.165) is 0 Å². The highest BCUT2D eigenvalue weighted by molar-refractivity contribution is 5.70. The molecule has 0 radical (unpaired) electrons. The fraction of sp³-hybridized carbons (Fsp3) is 0.917. The number of carbonyl (C=O) groups is 1. The lowest BCUT2D eigenvalue weighted by Crippen LogP contribution is -2.39. The number of hydrogen-bond acceptors (Lipinski definition) is 2. The van der Waals surface area contributed by atoms with Gasteiger partial charge < -0.3 is 10.4 Å². The maximum absolute atomic E-state index is 11.0. The second-order valence-corrected chi connectivity index (χ2v) is 4.93. The fourth-order valence-electron chi connectivity index (χ4n) is 2.21. The Kier molecular flexibility index (Phi) is 5.09. The monoisotopic (exact) mass is 213 g/mol. The molecule has 0 bridgehead atoms. The summed E-state index contributed by atoms with van der Waals surface area (Å²) < 4.78 is 0. The largest absolute Gasteiger partial charge is 0.481 e. The van der Waals surface area contributed by atoms with Crippen molar-refractivity contribution in [2.45, 2.75) is 52.0 Å². The van der Waals surface area contributed by atoms with Crippen LogP contribution in [0.15, 0.2) is 0 Å². The molecule has 0 aromatic rings. The first-order chi connectivity index (χ1) is 7.11. The topological polar surface area (TPSA) is 49.3 Å². The molecule has 1 saturated carbocycles. The average Bonchev–Trinajstić information content (AvgIpc) is 2.18. The van der Waals surface area contributed by atoms with Gasteiger partial charge in [-0.05, 0) is 18.8 Å². The van der Waals surface area contributed by atoms with E-state index in [4.69, 9.17) is 5.11 Å². The van der Waals surface area contributed by atoms with Crippen LogP contribution < -0.4 is 5.32 Å². The standard InChI is InChI=1S/C12H23NO2/c1-9(2)11(12(14)15)8-13-10-6-4-3-5-7-10/h9-11,13H,3-8H2,1-2H3,(H,14,15). The normalized spacial score (nSPS) is 20.5. The van der Waals surface area contributed by atoms with Crippen LogP contribution in [0.3, 0.4) is 0 Å². The molecule has 1 aliphatic carbocycles. The van der Waals surface area contributed by atoms with Crippen molar-refractivity contribution in [3.8, 4) is 0 Å². The molecule has 0 aromatic carbocycles. The number of carboxylic acids is 1. The highest BCUT2D eigenvalue weighted by Crippen LogP contribution is 2.18. The molecule has 1 fully saturated rings. The van der Waals surface area contributed by atoms with E-state index in [1.165, 1.54) is 32.1 Å². The molecule has 0 saturated heterocycles. The van der Waals surface area contributed by atoms with E-state index < -0.39 is 5.97 Å². The van der Waals surface area contributed by atoms with Crippen LogP contribution in [-0.2, 0) is 4.79 Å². The molecule has 1 atom stereocenters. The Bertz CT molecular complexity index is 198. The molecule has 0 amide bonds. The Labute approximate surface area is 92.3 Å². The molecular formula is C12H23NO2. The van der Waals surface area contributed by atoms with Crippen LogP contribution in [0.25, 0.3) is 0 Å². The fourth-order valence-corrected chi connectivity index (χ4v) is 2.21. The number of rotatable bonds is 5. The zero-order valence-corrected chi connectivity index (χ0v) is 9.83. The summed E-state index contributed by atoms with van der Waals surface area (Å²) in [7, 11) is 0. The van der Waals surface area contributed by atoms with Gasteiger partial charge in [0.05, 0.1) is 5.92 Å². The first-order valence-electron chi connectivity index (χ1n) is 6.07. The second kappa shape index (κ2) is 6.11. The zero-order valence-electron chi connectivity index (χ0n) is 9.83. The predicted molar refractivity (Wildman–Crippen MR) is 60.8 cm³/mol. The van der Waals surface area contributed by atoms with Gasteiger partial charge >= 0.3 is 5.97 Å². The van der Waals surface area contributed by atoms with E-state index in [9.17, 15) is 4.79 Å². The molecule has 0 aromatic heterocycles. The molecule has 0 spiro atoms. The first kappa shape index (κ1) is 12.5. The molecule has 1 unspecified atom stereocenters. The number of aliphatic carboxylic acids is 1. The Morgan fingerprint density at radius 2 is 1.93 bits per heavy atom. The smallest absolute Gasteiger partial charge is 0.308 e. The van der Waals surface area contributed by atoms with Gasteiger partial charge in [-0.3, -0.25) is 4.79 Å². The first-order valence-corrected chi connectivity index (χ1v) is 6.07. The van der Waals surface area contributed by atoms with Crippen molar-refractivity contribution < 1.29 is 9.90 Å². The lowest BCUT2D eigenvalue weighted by atomic mass is 9.92. The summed E-state index contributed by atoms with van der Waals surface area (Å²) >= 11 is 0. The van der Waals surface area contributed by atoms with E-state index in [0.29, 0.717) is 12.6 Å². The molecule has 3 heteroatoms. The summed E-state index contributed by atoms with van der Waals surface area (Å²) in [5.74, 6) is -0.709. The Hall–Kier alpha value is -0.570. The molecule has 88 valence electrons. The van der Waals surface area contributed by atoms with Gasteiger partial charge in [0.1, 0.15) is 0 Å². The van der Waals surface area contributed by atoms with Gasteiger partial charge in [0.25, 0.3) is 0 Å². The third-order valence-corrected chi connectivity index (χ3v) is 3.35. The molecule has 1 rings (SSSR count). The average molecular weight is 213 g/mol. The number of hydrogen-bond donors (Lipinski definition) is 2. The Morgan fingerprint density at radius 3 is 2.40 bits per heavy atom. The molecule has 0 heterocycles. The van der Waals surface area contributed by atoms with Gasteiger partial charge in [0.15, 0.2) is 0 Å². The Morgan fingerprint density at radius 1 is 1.33 bits per heavy atom.